The number of ether oxygens (including phenoxy) is 1. The molecule has 4 rings (SSSR count). The van der Waals surface area contributed by atoms with Crippen LogP contribution >= 0.6 is 0 Å². The van der Waals surface area contributed by atoms with Gasteiger partial charge in [-0.1, -0.05) is 30.4 Å². The molecule has 2 aromatic rings. The summed E-state index contributed by atoms with van der Waals surface area (Å²) in [7, 11) is 0. The molecule has 1 aliphatic carbocycles. The monoisotopic (exact) mass is 495 g/mol. The zero-order valence-corrected chi connectivity index (χ0v) is 22.2. The summed E-state index contributed by atoms with van der Waals surface area (Å²) in [5.74, 6) is 0.297. The third kappa shape index (κ3) is 7.25. The minimum absolute atomic E-state index is 0.297. The van der Waals surface area contributed by atoms with Crippen molar-refractivity contribution in [3.8, 4) is 6.07 Å². The molecule has 37 heavy (non-hydrogen) atoms. The van der Waals surface area contributed by atoms with Gasteiger partial charge >= 0.3 is 0 Å². The summed E-state index contributed by atoms with van der Waals surface area (Å²) in [6, 6.07) is 6.71. The van der Waals surface area contributed by atoms with Gasteiger partial charge in [-0.05, 0) is 74.9 Å². The van der Waals surface area contributed by atoms with Gasteiger partial charge in [0.1, 0.15) is 0 Å². The number of rotatable bonds is 9. The van der Waals surface area contributed by atoms with Crippen molar-refractivity contribution < 1.29 is 4.74 Å². The number of pyridine rings is 2. The van der Waals surface area contributed by atoms with E-state index in [0.717, 1.165) is 43.6 Å². The normalized spacial score (nSPS) is 18.8. The number of likely N-dealkylation sites (tertiary alicyclic amines) is 1. The molecule has 192 valence electrons. The lowest BCUT2D eigenvalue weighted by Crippen LogP contribution is -2.43. The highest BCUT2D eigenvalue weighted by molar-refractivity contribution is 5.69. The molecule has 1 saturated heterocycles. The maximum Gasteiger partial charge on any atom is 0.0994 e. The van der Waals surface area contributed by atoms with E-state index in [1.807, 2.05) is 31.6 Å². The molecule has 1 fully saturated rings. The zero-order chi connectivity index (χ0) is 26.2. The van der Waals surface area contributed by atoms with Crippen LogP contribution in [0.25, 0.3) is 5.70 Å². The van der Waals surface area contributed by atoms with E-state index in [4.69, 9.17) is 10.00 Å². The van der Waals surface area contributed by atoms with E-state index in [1.54, 1.807) is 6.08 Å². The van der Waals surface area contributed by atoms with Gasteiger partial charge in [-0.25, -0.2) is 0 Å². The third-order valence-corrected chi connectivity index (χ3v) is 7.23. The average Bonchev–Trinajstić information content (AvgIpc) is 2.90. The third-order valence-electron chi connectivity index (χ3n) is 7.23. The van der Waals surface area contributed by atoms with E-state index in [2.05, 4.69) is 71.0 Å². The Bertz CT molecular complexity index is 1240. The quantitative estimate of drug-likeness (QED) is 0.370. The Labute approximate surface area is 221 Å². The van der Waals surface area contributed by atoms with Crippen molar-refractivity contribution >= 4 is 5.70 Å². The minimum Gasteiger partial charge on any atom is -0.382 e. The molecule has 6 heteroatoms. The maximum atomic E-state index is 8.92. The number of allylic oxidation sites excluding steroid dienone is 6. The minimum atomic E-state index is 0.297. The van der Waals surface area contributed by atoms with E-state index in [1.165, 1.54) is 28.0 Å². The van der Waals surface area contributed by atoms with E-state index >= 15 is 0 Å². The predicted molar refractivity (Wildman–Crippen MR) is 148 cm³/mol. The summed E-state index contributed by atoms with van der Waals surface area (Å²) in [6.07, 6.45) is 17.0. The van der Waals surface area contributed by atoms with Gasteiger partial charge in [0, 0.05) is 66.2 Å². The molecule has 0 amide bonds. The molecule has 0 bridgehead atoms. The summed E-state index contributed by atoms with van der Waals surface area (Å²) in [5, 5.41) is 12.8. The van der Waals surface area contributed by atoms with Crippen LogP contribution in [-0.4, -0.2) is 40.7 Å². The fourth-order valence-corrected chi connectivity index (χ4v) is 4.91. The maximum absolute atomic E-state index is 8.92. The number of nitrogens with zero attached hydrogens (tertiary/aromatic N) is 4. The summed E-state index contributed by atoms with van der Waals surface area (Å²) in [5.41, 5.74) is 8.84. The summed E-state index contributed by atoms with van der Waals surface area (Å²) in [4.78, 5) is 11.2. The zero-order valence-electron chi connectivity index (χ0n) is 22.2. The summed E-state index contributed by atoms with van der Waals surface area (Å²) in [6.45, 7) is 13.2. The first-order chi connectivity index (χ1) is 17.9. The molecular formula is C31H37N5O. The van der Waals surface area contributed by atoms with Crippen LogP contribution in [0.1, 0.15) is 47.7 Å². The van der Waals surface area contributed by atoms with Crippen molar-refractivity contribution in [3.63, 3.8) is 0 Å². The van der Waals surface area contributed by atoms with Crippen LogP contribution in [0.15, 0.2) is 72.8 Å². The molecule has 0 saturated carbocycles. The van der Waals surface area contributed by atoms with Gasteiger partial charge in [-0.3, -0.25) is 14.9 Å². The van der Waals surface area contributed by atoms with Gasteiger partial charge < -0.3 is 10.1 Å². The fourth-order valence-electron chi connectivity index (χ4n) is 4.91. The molecule has 1 N–H and O–H groups in total. The lowest BCUT2D eigenvalue weighted by Gasteiger charge is -2.34. The Hall–Kier alpha value is -3.53. The van der Waals surface area contributed by atoms with E-state index in [9.17, 15) is 0 Å². The Morgan fingerprint density at radius 1 is 1.30 bits per heavy atom. The highest BCUT2D eigenvalue weighted by Gasteiger charge is 2.25. The number of fused-ring (bicyclic) bond motifs is 1. The number of hydrogen-bond acceptors (Lipinski definition) is 6. The predicted octanol–water partition coefficient (Wildman–Crippen LogP) is 5.42. The van der Waals surface area contributed by atoms with Gasteiger partial charge in [0.05, 0.1) is 19.4 Å². The van der Waals surface area contributed by atoms with Crippen LogP contribution < -0.4 is 5.32 Å². The highest BCUT2D eigenvalue weighted by atomic mass is 16.5. The van der Waals surface area contributed by atoms with Crippen molar-refractivity contribution in [1.82, 2.24) is 20.2 Å². The van der Waals surface area contributed by atoms with Gasteiger partial charge in [-0.15, -0.1) is 0 Å². The molecule has 2 aliphatic rings. The van der Waals surface area contributed by atoms with Gasteiger partial charge in [-0.2, -0.15) is 5.26 Å². The first-order valence-corrected chi connectivity index (χ1v) is 13.0. The van der Waals surface area contributed by atoms with Crippen molar-refractivity contribution in [1.29, 1.82) is 5.26 Å². The van der Waals surface area contributed by atoms with Crippen LogP contribution in [0.5, 0.6) is 0 Å². The fraction of sp³-hybridized carbons (Fsp3) is 0.387. The van der Waals surface area contributed by atoms with Crippen LogP contribution in [-0.2, 0) is 17.8 Å². The number of nitrogens with one attached hydrogen (secondary N) is 1. The second-order valence-corrected chi connectivity index (χ2v) is 10.1. The average molecular weight is 496 g/mol. The van der Waals surface area contributed by atoms with Crippen molar-refractivity contribution in [3.05, 3.63) is 101 Å². The Kier molecular flexibility index (Phi) is 9.05. The smallest absolute Gasteiger partial charge is 0.0994 e. The van der Waals surface area contributed by atoms with E-state index in [0.29, 0.717) is 30.9 Å². The van der Waals surface area contributed by atoms with Gasteiger partial charge in [0.25, 0.3) is 0 Å². The molecule has 0 aromatic carbocycles. The number of piperidine rings is 1. The van der Waals surface area contributed by atoms with Crippen molar-refractivity contribution in [2.45, 2.75) is 52.7 Å². The second kappa shape index (κ2) is 12.6. The topological polar surface area (TPSA) is 74.1 Å². The highest BCUT2D eigenvalue weighted by Crippen LogP contribution is 2.32. The van der Waals surface area contributed by atoms with Crippen LogP contribution in [0.4, 0.5) is 0 Å². The molecule has 3 heterocycles. The summed E-state index contributed by atoms with van der Waals surface area (Å²) < 4.78 is 6.02. The molecule has 0 unspecified atom stereocenters. The molecule has 2 aromatic heterocycles. The number of aromatic nitrogens is 2. The lowest BCUT2D eigenvalue weighted by atomic mass is 9.84. The molecule has 1 atom stereocenters. The standard InChI is InChI=1S/C31H37N5O/c1-22(17-32)6-5-7-23(2)27-15-26-8-11-33-19-30(26)31(16-27)35-29-9-12-36(13-10-29)21-37-20-28-18-34-25(4)14-24(28)3/h5-8,11,14,16,18-19,27,29,35H,1,9-10,12-13,15,20-21H2,2-4H3/b6-5-,23-7+/t27-/m0/s1. The van der Waals surface area contributed by atoms with E-state index in [-0.39, 0.29) is 0 Å². The number of nitriles is 1. The molecule has 0 spiro atoms. The lowest BCUT2D eigenvalue weighted by molar-refractivity contribution is 0.00606. The Morgan fingerprint density at radius 2 is 2.11 bits per heavy atom. The molecule has 6 nitrogen and oxygen atoms in total. The second-order valence-electron chi connectivity index (χ2n) is 10.1. The van der Waals surface area contributed by atoms with Crippen LogP contribution in [0.2, 0.25) is 0 Å². The van der Waals surface area contributed by atoms with Gasteiger partial charge in [0.15, 0.2) is 0 Å². The molecular weight excluding hydrogens is 458 g/mol. The SMILES string of the molecule is C=C(C#N)/C=C\C=C(/C)[C@@H]1C=C(NC2CCN(COCc3cnc(C)cc3C)CC2)c2cnccc2C1. The Morgan fingerprint density at radius 3 is 2.86 bits per heavy atom. The molecule has 1 aliphatic heterocycles. The number of aryl methyl sites for hydroxylation is 2. The van der Waals surface area contributed by atoms with E-state index < -0.39 is 0 Å². The largest absolute Gasteiger partial charge is 0.382 e. The van der Waals surface area contributed by atoms with Crippen molar-refractivity contribution in [2.24, 2.45) is 5.92 Å². The van der Waals surface area contributed by atoms with Gasteiger partial charge in [0.2, 0.25) is 0 Å². The van der Waals surface area contributed by atoms with Crippen molar-refractivity contribution in [2.75, 3.05) is 19.8 Å². The van der Waals surface area contributed by atoms with Crippen LogP contribution in [0.3, 0.4) is 0 Å². The summed E-state index contributed by atoms with van der Waals surface area (Å²) >= 11 is 0. The number of hydrogen-bond donors (Lipinski definition) is 1. The molecule has 0 radical (unpaired) electrons. The first kappa shape index (κ1) is 26.5. The van der Waals surface area contributed by atoms with Crippen LogP contribution in [0, 0.1) is 31.1 Å². The first-order valence-electron chi connectivity index (χ1n) is 13.0. The Balaban J connectivity index is 1.33.